The average Bonchev–Trinajstić information content (AvgIpc) is 2.38. The molecule has 0 saturated carbocycles. The van der Waals surface area contributed by atoms with Crippen molar-refractivity contribution in [3.05, 3.63) is 63.5 Å². The van der Waals surface area contributed by atoms with Crippen LogP contribution >= 0.6 is 22.6 Å². The van der Waals surface area contributed by atoms with Crippen molar-refractivity contribution < 1.29 is 19.0 Å². The highest BCUT2D eigenvalue weighted by Crippen LogP contribution is 2.24. The van der Waals surface area contributed by atoms with Crippen LogP contribution in [0.4, 0.5) is 4.39 Å². The van der Waals surface area contributed by atoms with Gasteiger partial charge in [0.2, 0.25) is 0 Å². The van der Waals surface area contributed by atoms with Gasteiger partial charge in [0.25, 0.3) is 0 Å². The van der Waals surface area contributed by atoms with Crippen molar-refractivity contribution in [3.63, 3.8) is 0 Å². The predicted molar refractivity (Wildman–Crippen MR) is 82.3 cm³/mol. The molecule has 20 heavy (non-hydrogen) atoms. The molecule has 0 fully saturated rings. The number of carboxylic acid groups (broad SMARTS) is 1. The molecular formula is C15H10FIO3. The van der Waals surface area contributed by atoms with Gasteiger partial charge in [0, 0.05) is 15.7 Å². The maximum Gasteiger partial charge on any atom is 0.328 e. The van der Waals surface area contributed by atoms with Gasteiger partial charge in [-0.3, -0.25) is 0 Å². The first-order valence-corrected chi connectivity index (χ1v) is 6.76. The highest BCUT2D eigenvalue weighted by molar-refractivity contribution is 14.1. The van der Waals surface area contributed by atoms with Crippen LogP contribution in [-0.4, -0.2) is 11.1 Å². The summed E-state index contributed by atoms with van der Waals surface area (Å²) in [5.41, 5.74) is 0.424. The van der Waals surface area contributed by atoms with Crippen LogP contribution in [0.3, 0.4) is 0 Å². The Morgan fingerprint density at radius 2 is 1.85 bits per heavy atom. The molecule has 0 aliphatic rings. The molecule has 0 aliphatic heterocycles. The fraction of sp³-hybridized carbons (Fsp3) is 0. The average molecular weight is 384 g/mol. The topological polar surface area (TPSA) is 46.5 Å². The lowest BCUT2D eigenvalue weighted by Gasteiger charge is -2.07. The zero-order valence-corrected chi connectivity index (χ0v) is 12.4. The first-order valence-electron chi connectivity index (χ1n) is 5.68. The van der Waals surface area contributed by atoms with E-state index in [1.807, 2.05) is 12.1 Å². The summed E-state index contributed by atoms with van der Waals surface area (Å²) in [6.45, 7) is 0. The molecule has 5 heteroatoms. The Balaban J connectivity index is 2.23. The van der Waals surface area contributed by atoms with Gasteiger partial charge in [0.05, 0.1) is 0 Å². The molecule has 0 saturated heterocycles. The highest BCUT2D eigenvalue weighted by atomic mass is 127. The number of carbonyl (C=O) groups is 1. The van der Waals surface area contributed by atoms with Crippen molar-refractivity contribution in [2.75, 3.05) is 0 Å². The molecule has 2 aromatic carbocycles. The first kappa shape index (κ1) is 14.5. The zero-order chi connectivity index (χ0) is 14.5. The minimum atomic E-state index is -1.09. The Morgan fingerprint density at radius 3 is 2.50 bits per heavy atom. The third kappa shape index (κ3) is 4.34. The van der Waals surface area contributed by atoms with Gasteiger partial charge in [-0.2, -0.15) is 0 Å². The number of halogens is 2. The Kier molecular flexibility index (Phi) is 4.73. The number of ether oxygens (including phenoxy) is 1. The van der Waals surface area contributed by atoms with E-state index in [4.69, 9.17) is 9.84 Å². The Bertz CT molecular complexity index is 651. The van der Waals surface area contributed by atoms with Crippen LogP contribution in [0, 0.1) is 9.39 Å². The van der Waals surface area contributed by atoms with Gasteiger partial charge in [0.1, 0.15) is 17.3 Å². The van der Waals surface area contributed by atoms with Gasteiger partial charge in [-0.1, -0.05) is 0 Å². The Hall–Kier alpha value is -1.89. The summed E-state index contributed by atoms with van der Waals surface area (Å²) in [7, 11) is 0. The molecule has 0 bridgehead atoms. The SMILES string of the molecule is O=C(O)/C=C/c1cc(F)cc(Oc2ccc(I)cc2)c1. The Morgan fingerprint density at radius 1 is 1.15 bits per heavy atom. The van der Waals surface area contributed by atoms with E-state index in [-0.39, 0.29) is 0 Å². The molecule has 0 heterocycles. The molecule has 0 amide bonds. The summed E-state index contributed by atoms with van der Waals surface area (Å²) >= 11 is 2.17. The summed E-state index contributed by atoms with van der Waals surface area (Å²) in [4.78, 5) is 10.5. The van der Waals surface area contributed by atoms with E-state index in [9.17, 15) is 9.18 Å². The molecule has 0 aliphatic carbocycles. The standard InChI is InChI=1S/C15H10FIO3/c16-11-7-10(1-6-15(18)19)8-14(9-11)20-13-4-2-12(17)3-5-13/h1-9H,(H,18,19)/b6-1+. The smallest absolute Gasteiger partial charge is 0.328 e. The lowest BCUT2D eigenvalue weighted by Crippen LogP contribution is -1.89. The lowest BCUT2D eigenvalue weighted by molar-refractivity contribution is -0.131. The summed E-state index contributed by atoms with van der Waals surface area (Å²) in [5.74, 6) is -0.673. The van der Waals surface area contributed by atoms with E-state index in [2.05, 4.69) is 22.6 Å². The number of hydrogen-bond donors (Lipinski definition) is 1. The lowest BCUT2D eigenvalue weighted by atomic mass is 10.2. The van der Waals surface area contributed by atoms with Crippen LogP contribution in [0.25, 0.3) is 6.08 Å². The van der Waals surface area contributed by atoms with Gasteiger partial charge in [-0.15, -0.1) is 0 Å². The second-order valence-electron chi connectivity index (χ2n) is 3.95. The maximum absolute atomic E-state index is 13.5. The van der Waals surface area contributed by atoms with Crippen molar-refractivity contribution >= 4 is 34.6 Å². The van der Waals surface area contributed by atoms with E-state index < -0.39 is 11.8 Å². The predicted octanol–water partition coefficient (Wildman–Crippen LogP) is 4.32. The Labute approximate surface area is 128 Å². The van der Waals surface area contributed by atoms with Crippen LogP contribution in [0.5, 0.6) is 11.5 Å². The minimum Gasteiger partial charge on any atom is -0.478 e. The number of rotatable bonds is 4. The van der Waals surface area contributed by atoms with Gasteiger partial charge in [0.15, 0.2) is 0 Å². The minimum absolute atomic E-state index is 0.316. The summed E-state index contributed by atoms with van der Waals surface area (Å²) < 4.78 is 20.1. The molecule has 0 aromatic heterocycles. The molecule has 3 nitrogen and oxygen atoms in total. The van der Waals surface area contributed by atoms with E-state index in [0.29, 0.717) is 17.1 Å². The van der Waals surface area contributed by atoms with E-state index >= 15 is 0 Å². The second kappa shape index (κ2) is 6.51. The van der Waals surface area contributed by atoms with E-state index in [1.165, 1.54) is 18.2 Å². The molecule has 0 radical (unpaired) electrons. The normalized spacial score (nSPS) is 10.7. The van der Waals surface area contributed by atoms with Crippen molar-refractivity contribution in [2.24, 2.45) is 0 Å². The molecule has 0 atom stereocenters. The van der Waals surface area contributed by atoms with E-state index in [1.54, 1.807) is 18.2 Å². The quantitative estimate of drug-likeness (QED) is 0.631. The van der Waals surface area contributed by atoms with Crippen LogP contribution < -0.4 is 4.74 Å². The highest BCUT2D eigenvalue weighted by Gasteiger charge is 2.02. The van der Waals surface area contributed by atoms with Crippen molar-refractivity contribution in [2.45, 2.75) is 0 Å². The number of carboxylic acids is 1. The van der Waals surface area contributed by atoms with Crippen LogP contribution in [0.15, 0.2) is 48.5 Å². The number of aliphatic carboxylic acids is 1. The third-order valence-corrected chi connectivity index (χ3v) is 3.08. The zero-order valence-electron chi connectivity index (χ0n) is 10.2. The van der Waals surface area contributed by atoms with Gasteiger partial charge >= 0.3 is 5.97 Å². The third-order valence-electron chi connectivity index (χ3n) is 2.36. The monoisotopic (exact) mass is 384 g/mol. The molecule has 0 spiro atoms. The van der Waals surface area contributed by atoms with Crippen LogP contribution in [0.2, 0.25) is 0 Å². The van der Waals surface area contributed by atoms with Gasteiger partial charge in [-0.25, -0.2) is 9.18 Å². The summed E-state index contributed by atoms with van der Waals surface area (Å²) in [6, 6.07) is 11.4. The molecule has 102 valence electrons. The maximum atomic E-state index is 13.5. The second-order valence-corrected chi connectivity index (χ2v) is 5.19. The van der Waals surface area contributed by atoms with Crippen LogP contribution in [-0.2, 0) is 4.79 Å². The fourth-order valence-electron chi connectivity index (χ4n) is 1.55. The summed E-state index contributed by atoms with van der Waals surface area (Å²) in [6.07, 6.45) is 2.26. The van der Waals surface area contributed by atoms with E-state index in [0.717, 1.165) is 9.65 Å². The largest absolute Gasteiger partial charge is 0.478 e. The van der Waals surface area contributed by atoms with Crippen molar-refractivity contribution in [3.8, 4) is 11.5 Å². The number of hydrogen-bond acceptors (Lipinski definition) is 2. The fourth-order valence-corrected chi connectivity index (χ4v) is 1.91. The molecule has 0 unspecified atom stereocenters. The summed E-state index contributed by atoms with van der Waals surface area (Å²) in [5, 5.41) is 8.56. The van der Waals surface area contributed by atoms with Gasteiger partial charge in [-0.05, 0) is 70.6 Å². The molecule has 2 rings (SSSR count). The van der Waals surface area contributed by atoms with Crippen molar-refractivity contribution in [1.82, 2.24) is 0 Å². The van der Waals surface area contributed by atoms with Gasteiger partial charge < -0.3 is 9.84 Å². The molecule has 1 N–H and O–H groups in total. The first-order chi connectivity index (χ1) is 9.52. The van der Waals surface area contributed by atoms with Crippen LogP contribution in [0.1, 0.15) is 5.56 Å². The van der Waals surface area contributed by atoms with Crippen molar-refractivity contribution in [1.29, 1.82) is 0 Å². The molecular weight excluding hydrogens is 374 g/mol. The molecule has 2 aromatic rings. The number of benzene rings is 2.